The number of nitrogens with zero attached hydrogens (tertiary/aromatic N) is 2. The molecule has 0 aliphatic carbocycles. The highest BCUT2D eigenvalue weighted by molar-refractivity contribution is 5.80. The van der Waals surface area contributed by atoms with Gasteiger partial charge < -0.3 is 14.6 Å². The third-order valence-corrected chi connectivity index (χ3v) is 3.72. The van der Waals surface area contributed by atoms with E-state index in [9.17, 15) is 9.18 Å². The van der Waals surface area contributed by atoms with Crippen LogP contribution in [0.1, 0.15) is 12.5 Å². The lowest BCUT2D eigenvalue weighted by Crippen LogP contribution is -2.36. The Labute approximate surface area is 145 Å². The van der Waals surface area contributed by atoms with Crippen LogP contribution < -0.4 is 10.1 Å². The van der Waals surface area contributed by atoms with Crippen molar-refractivity contribution in [1.29, 1.82) is 0 Å². The molecular formula is C19H18FN3O2. The Bertz CT molecular complexity index is 832. The van der Waals surface area contributed by atoms with Gasteiger partial charge in [0, 0.05) is 18.9 Å². The fourth-order valence-corrected chi connectivity index (χ4v) is 2.41. The highest BCUT2D eigenvalue weighted by atomic mass is 19.1. The highest BCUT2D eigenvalue weighted by Gasteiger charge is 2.15. The molecule has 1 aromatic heterocycles. The molecule has 5 nitrogen and oxygen atoms in total. The number of benzene rings is 2. The molecule has 3 aromatic rings. The number of imidazole rings is 1. The number of hydrogen-bond donors (Lipinski definition) is 1. The minimum Gasteiger partial charge on any atom is -0.481 e. The van der Waals surface area contributed by atoms with Crippen molar-refractivity contribution in [3.63, 3.8) is 0 Å². The average Bonchev–Trinajstić information content (AvgIpc) is 3.16. The molecule has 1 N–H and O–H groups in total. The zero-order valence-corrected chi connectivity index (χ0v) is 13.7. The van der Waals surface area contributed by atoms with E-state index in [0.29, 0.717) is 12.3 Å². The number of aromatic nitrogens is 2. The Morgan fingerprint density at radius 1 is 1.24 bits per heavy atom. The van der Waals surface area contributed by atoms with Gasteiger partial charge in [-0.15, -0.1) is 0 Å². The maximum absolute atomic E-state index is 12.9. The lowest BCUT2D eigenvalue weighted by Gasteiger charge is -2.16. The Morgan fingerprint density at radius 3 is 2.72 bits per heavy atom. The van der Waals surface area contributed by atoms with Crippen LogP contribution in [0.2, 0.25) is 0 Å². The molecule has 128 valence electrons. The van der Waals surface area contributed by atoms with E-state index in [2.05, 4.69) is 10.3 Å². The topological polar surface area (TPSA) is 56.1 Å². The lowest BCUT2D eigenvalue weighted by molar-refractivity contribution is -0.127. The summed E-state index contributed by atoms with van der Waals surface area (Å²) < 4.78 is 20.3. The summed E-state index contributed by atoms with van der Waals surface area (Å²) in [6.07, 6.45) is 4.57. The van der Waals surface area contributed by atoms with E-state index < -0.39 is 6.10 Å². The van der Waals surface area contributed by atoms with Crippen molar-refractivity contribution in [3.05, 3.63) is 78.6 Å². The van der Waals surface area contributed by atoms with Gasteiger partial charge in [-0.1, -0.05) is 18.2 Å². The maximum atomic E-state index is 12.9. The van der Waals surface area contributed by atoms with Crippen molar-refractivity contribution in [2.24, 2.45) is 0 Å². The molecule has 1 amide bonds. The SMILES string of the molecule is C[C@@H](Oc1ccc(F)cc1)C(=O)NCc1ccccc1-n1ccnc1. The van der Waals surface area contributed by atoms with Crippen molar-refractivity contribution >= 4 is 5.91 Å². The van der Waals surface area contributed by atoms with Gasteiger partial charge in [0.15, 0.2) is 6.10 Å². The minimum absolute atomic E-state index is 0.246. The van der Waals surface area contributed by atoms with Gasteiger partial charge in [-0.05, 0) is 42.8 Å². The van der Waals surface area contributed by atoms with Crippen LogP contribution in [0.4, 0.5) is 4.39 Å². The summed E-state index contributed by atoms with van der Waals surface area (Å²) in [4.78, 5) is 16.3. The Hall–Kier alpha value is -3.15. The maximum Gasteiger partial charge on any atom is 0.261 e. The first-order valence-corrected chi connectivity index (χ1v) is 7.89. The van der Waals surface area contributed by atoms with Crippen molar-refractivity contribution in [3.8, 4) is 11.4 Å². The van der Waals surface area contributed by atoms with Gasteiger partial charge in [0.25, 0.3) is 5.91 Å². The van der Waals surface area contributed by atoms with Crippen molar-refractivity contribution in [2.75, 3.05) is 0 Å². The van der Waals surface area contributed by atoms with Gasteiger partial charge in [0.2, 0.25) is 0 Å². The highest BCUT2D eigenvalue weighted by Crippen LogP contribution is 2.15. The Balaban J connectivity index is 1.62. The molecule has 25 heavy (non-hydrogen) atoms. The molecule has 0 aliphatic heterocycles. The zero-order valence-electron chi connectivity index (χ0n) is 13.7. The number of amides is 1. The molecule has 1 heterocycles. The normalized spacial score (nSPS) is 11.8. The first-order valence-electron chi connectivity index (χ1n) is 7.89. The second kappa shape index (κ2) is 7.61. The molecule has 0 saturated heterocycles. The number of para-hydroxylation sites is 1. The molecule has 0 aliphatic rings. The second-order valence-electron chi connectivity index (χ2n) is 5.53. The van der Waals surface area contributed by atoms with E-state index in [0.717, 1.165) is 11.3 Å². The molecule has 0 spiro atoms. The van der Waals surface area contributed by atoms with Crippen LogP contribution in [0.3, 0.4) is 0 Å². The third kappa shape index (κ3) is 4.23. The number of carbonyl (C=O) groups is 1. The van der Waals surface area contributed by atoms with Gasteiger partial charge in [-0.3, -0.25) is 4.79 Å². The molecule has 3 rings (SSSR count). The van der Waals surface area contributed by atoms with E-state index in [1.54, 1.807) is 19.4 Å². The second-order valence-corrected chi connectivity index (χ2v) is 5.53. The van der Waals surface area contributed by atoms with Crippen LogP contribution in [-0.4, -0.2) is 21.6 Å². The molecule has 0 fully saturated rings. The smallest absolute Gasteiger partial charge is 0.261 e. The van der Waals surface area contributed by atoms with Crippen molar-refractivity contribution in [1.82, 2.24) is 14.9 Å². The number of ether oxygens (including phenoxy) is 1. The average molecular weight is 339 g/mol. The number of hydrogen-bond acceptors (Lipinski definition) is 3. The van der Waals surface area contributed by atoms with Gasteiger partial charge in [-0.25, -0.2) is 9.37 Å². The largest absolute Gasteiger partial charge is 0.481 e. The number of rotatable bonds is 6. The van der Waals surface area contributed by atoms with Crippen LogP contribution in [0, 0.1) is 5.82 Å². The molecule has 1 atom stereocenters. The first-order chi connectivity index (χ1) is 12.1. The fourth-order valence-electron chi connectivity index (χ4n) is 2.41. The van der Waals surface area contributed by atoms with Crippen LogP contribution in [0.25, 0.3) is 5.69 Å². The van der Waals surface area contributed by atoms with Gasteiger partial charge in [0.1, 0.15) is 11.6 Å². The molecule has 0 radical (unpaired) electrons. The van der Waals surface area contributed by atoms with Crippen molar-refractivity contribution < 1.29 is 13.9 Å². The standard InChI is InChI=1S/C19H18FN3O2/c1-14(25-17-8-6-16(20)7-9-17)19(24)22-12-15-4-2-3-5-18(15)23-11-10-21-13-23/h2-11,13-14H,12H2,1H3,(H,22,24)/t14-/m1/s1. The zero-order chi connectivity index (χ0) is 17.6. The van der Waals surface area contributed by atoms with Crippen LogP contribution >= 0.6 is 0 Å². The predicted octanol–water partition coefficient (Wildman–Crippen LogP) is 3.10. The van der Waals surface area contributed by atoms with E-state index in [4.69, 9.17) is 4.74 Å². The van der Waals surface area contributed by atoms with Crippen LogP contribution in [0.5, 0.6) is 5.75 Å². The summed E-state index contributed by atoms with van der Waals surface area (Å²) in [7, 11) is 0. The summed E-state index contributed by atoms with van der Waals surface area (Å²) >= 11 is 0. The van der Waals surface area contributed by atoms with Crippen LogP contribution in [-0.2, 0) is 11.3 Å². The van der Waals surface area contributed by atoms with E-state index >= 15 is 0 Å². The summed E-state index contributed by atoms with van der Waals surface area (Å²) in [6, 6.07) is 13.3. The van der Waals surface area contributed by atoms with Gasteiger partial charge >= 0.3 is 0 Å². The molecule has 2 aromatic carbocycles. The monoisotopic (exact) mass is 339 g/mol. The van der Waals surface area contributed by atoms with E-state index in [-0.39, 0.29) is 11.7 Å². The number of nitrogens with one attached hydrogen (secondary N) is 1. The van der Waals surface area contributed by atoms with Gasteiger partial charge in [-0.2, -0.15) is 0 Å². The number of halogens is 1. The molecule has 0 unspecified atom stereocenters. The summed E-state index contributed by atoms with van der Waals surface area (Å²) in [5.41, 5.74) is 1.91. The summed E-state index contributed by atoms with van der Waals surface area (Å²) in [5, 5.41) is 2.86. The molecule has 6 heteroatoms. The van der Waals surface area contributed by atoms with E-state index in [1.165, 1.54) is 24.3 Å². The lowest BCUT2D eigenvalue weighted by atomic mass is 10.1. The van der Waals surface area contributed by atoms with Crippen LogP contribution in [0.15, 0.2) is 67.3 Å². The third-order valence-electron chi connectivity index (χ3n) is 3.72. The summed E-state index contributed by atoms with van der Waals surface area (Å²) in [6.45, 7) is 2.02. The Kier molecular flexibility index (Phi) is 5.09. The minimum atomic E-state index is -0.689. The van der Waals surface area contributed by atoms with E-state index in [1.807, 2.05) is 35.0 Å². The predicted molar refractivity (Wildman–Crippen MR) is 91.9 cm³/mol. The van der Waals surface area contributed by atoms with Gasteiger partial charge in [0.05, 0.1) is 12.0 Å². The first kappa shape index (κ1) is 16.7. The quantitative estimate of drug-likeness (QED) is 0.751. The van der Waals surface area contributed by atoms with Crippen molar-refractivity contribution in [2.45, 2.75) is 19.6 Å². The molecule has 0 saturated carbocycles. The number of carbonyl (C=O) groups excluding carboxylic acids is 1. The summed E-state index contributed by atoms with van der Waals surface area (Å²) in [5.74, 6) is -0.145. The molecule has 0 bridgehead atoms. The Morgan fingerprint density at radius 2 is 2.00 bits per heavy atom. The molecular weight excluding hydrogens is 321 g/mol. The fraction of sp³-hybridized carbons (Fsp3) is 0.158.